The van der Waals surface area contributed by atoms with E-state index in [0.717, 1.165) is 0 Å². The highest BCUT2D eigenvalue weighted by Crippen LogP contribution is 2.14. The molecular formula is C13H18F6N2O6. The van der Waals surface area contributed by atoms with Crippen LogP contribution in [0.3, 0.4) is 0 Å². The Bertz CT molecular complexity index is 524. The van der Waals surface area contributed by atoms with Gasteiger partial charge in [-0.15, -0.1) is 0 Å². The van der Waals surface area contributed by atoms with E-state index in [2.05, 4.69) is 10.1 Å². The van der Waals surface area contributed by atoms with Crippen molar-refractivity contribution in [3.8, 4) is 0 Å². The topological polar surface area (TPSA) is 139 Å². The molecule has 0 fully saturated rings. The number of hydrogen-bond acceptors (Lipinski definition) is 6. The Hall–Kier alpha value is -2.35. The summed E-state index contributed by atoms with van der Waals surface area (Å²) in [5.74, 6) is -5.88. The van der Waals surface area contributed by atoms with Crippen molar-refractivity contribution in [2.24, 2.45) is 5.73 Å². The Morgan fingerprint density at radius 3 is 1.78 bits per heavy atom. The van der Waals surface area contributed by atoms with Gasteiger partial charge < -0.3 is 26.0 Å². The SMILES string of the molecule is COC(=O)[C@]1(N)CC=C[C@H](C)NC1.O=C(O)C(F)(F)F.O=C(O)C(F)(F)F. The summed E-state index contributed by atoms with van der Waals surface area (Å²) in [4.78, 5) is 29.1. The zero-order valence-electron chi connectivity index (χ0n) is 14.0. The summed E-state index contributed by atoms with van der Waals surface area (Å²) in [7, 11) is 1.36. The molecule has 0 aromatic heterocycles. The van der Waals surface area contributed by atoms with E-state index in [0.29, 0.717) is 13.0 Å². The standard InChI is InChI=1S/C9H16N2O2.2C2HF3O2/c1-7-4-3-5-9(10,6-11-7)8(12)13-2;2*3-2(4,5)1(6)7/h3-4,7,11H,5-6,10H2,1-2H3;2*(H,6,7)/t7-,9-;;/m0../s1. The maximum atomic E-state index is 11.3. The molecule has 0 aromatic rings. The average Bonchev–Trinajstić information content (AvgIpc) is 2.68. The summed E-state index contributed by atoms with van der Waals surface area (Å²) in [6.45, 7) is 2.47. The van der Waals surface area contributed by atoms with Crippen LogP contribution in [0, 0.1) is 0 Å². The molecule has 1 aliphatic heterocycles. The predicted molar refractivity (Wildman–Crippen MR) is 77.5 cm³/mol. The van der Waals surface area contributed by atoms with Crippen LogP contribution in [0.1, 0.15) is 13.3 Å². The lowest BCUT2D eigenvalue weighted by Gasteiger charge is -2.24. The fourth-order valence-corrected chi connectivity index (χ4v) is 1.32. The van der Waals surface area contributed by atoms with Gasteiger partial charge in [0.2, 0.25) is 0 Å². The lowest BCUT2D eigenvalue weighted by Crippen LogP contribution is -2.55. The van der Waals surface area contributed by atoms with Gasteiger partial charge in [0.25, 0.3) is 0 Å². The van der Waals surface area contributed by atoms with Gasteiger partial charge in [-0.1, -0.05) is 12.2 Å². The number of rotatable bonds is 1. The van der Waals surface area contributed by atoms with Crippen molar-refractivity contribution >= 4 is 17.9 Å². The molecule has 27 heavy (non-hydrogen) atoms. The molecule has 0 saturated heterocycles. The number of carbonyl (C=O) groups is 3. The zero-order chi connectivity index (χ0) is 22.1. The molecule has 0 aliphatic carbocycles. The summed E-state index contributed by atoms with van der Waals surface area (Å²) >= 11 is 0. The van der Waals surface area contributed by atoms with Crippen LogP contribution in [0.5, 0.6) is 0 Å². The lowest BCUT2D eigenvalue weighted by atomic mass is 9.97. The molecule has 158 valence electrons. The summed E-state index contributed by atoms with van der Waals surface area (Å²) in [5, 5.41) is 17.4. The third-order valence-electron chi connectivity index (χ3n) is 2.72. The number of aliphatic carboxylic acids is 2. The molecule has 1 rings (SSSR count). The highest BCUT2D eigenvalue weighted by molar-refractivity contribution is 5.81. The van der Waals surface area contributed by atoms with Gasteiger partial charge in [-0.25, -0.2) is 9.59 Å². The van der Waals surface area contributed by atoms with Crippen LogP contribution in [-0.4, -0.2) is 65.7 Å². The number of esters is 1. The molecule has 0 amide bonds. The number of carbonyl (C=O) groups excluding carboxylic acids is 1. The van der Waals surface area contributed by atoms with E-state index >= 15 is 0 Å². The van der Waals surface area contributed by atoms with E-state index in [1.165, 1.54) is 7.11 Å². The lowest BCUT2D eigenvalue weighted by molar-refractivity contribution is -0.193. The number of alkyl halides is 6. The molecule has 0 unspecified atom stereocenters. The van der Waals surface area contributed by atoms with Crippen molar-refractivity contribution in [1.29, 1.82) is 0 Å². The van der Waals surface area contributed by atoms with Crippen LogP contribution < -0.4 is 11.1 Å². The van der Waals surface area contributed by atoms with Crippen molar-refractivity contribution in [3.63, 3.8) is 0 Å². The number of halogens is 6. The molecule has 0 radical (unpaired) electrons. The molecule has 5 N–H and O–H groups in total. The molecule has 0 aromatic carbocycles. The van der Waals surface area contributed by atoms with E-state index in [1.54, 1.807) is 0 Å². The Labute approximate surface area is 149 Å². The number of nitrogens with one attached hydrogen (secondary N) is 1. The van der Waals surface area contributed by atoms with Crippen LogP contribution in [0.25, 0.3) is 0 Å². The molecule has 0 bridgehead atoms. The van der Waals surface area contributed by atoms with E-state index in [9.17, 15) is 31.1 Å². The quantitative estimate of drug-likeness (QED) is 0.285. The third kappa shape index (κ3) is 11.8. The highest BCUT2D eigenvalue weighted by atomic mass is 19.4. The van der Waals surface area contributed by atoms with Crippen molar-refractivity contribution in [2.75, 3.05) is 13.7 Å². The highest BCUT2D eigenvalue weighted by Gasteiger charge is 2.39. The Morgan fingerprint density at radius 2 is 1.48 bits per heavy atom. The number of ether oxygens (including phenoxy) is 1. The second-order valence-electron chi connectivity index (χ2n) is 5.06. The maximum Gasteiger partial charge on any atom is 0.490 e. The van der Waals surface area contributed by atoms with E-state index < -0.39 is 29.8 Å². The summed E-state index contributed by atoms with van der Waals surface area (Å²) in [5.41, 5.74) is 4.98. The Morgan fingerprint density at radius 1 is 1.11 bits per heavy atom. The molecule has 1 aliphatic rings. The fraction of sp³-hybridized carbons (Fsp3) is 0.615. The van der Waals surface area contributed by atoms with Crippen LogP contribution in [0.2, 0.25) is 0 Å². The molecule has 8 nitrogen and oxygen atoms in total. The van der Waals surface area contributed by atoms with E-state index in [-0.39, 0.29) is 12.0 Å². The van der Waals surface area contributed by atoms with Gasteiger partial charge >= 0.3 is 30.3 Å². The van der Waals surface area contributed by atoms with Crippen molar-refractivity contribution < 1.29 is 55.7 Å². The predicted octanol–water partition coefficient (Wildman–Crippen LogP) is 1.06. The van der Waals surface area contributed by atoms with Gasteiger partial charge in [-0.2, -0.15) is 26.3 Å². The minimum absolute atomic E-state index is 0.259. The average molecular weight is 412 g/mol. The first-order valence-corrected chi connectivity index (χ1v) is 6.85. The number of hydrogen-bond donors (Lipinski definition) is 4. The monoisotopic (exact) mass is 412 g/mol. The number of carboxylic acid groups (broad SMARTS) is 2. The van der Waals surface area contributed by atoms with Gasteiger partial charge in [-0.05, 0) is 13.3 Å². The first kappa shape index (κ1) is 26.9. The second-order valence-corrected chi connectivity index (χ2v) is 5.06. The van der Waals surface area contributed by atoms with Gasteiger partial charge in [0.15, 0.2) is 0 Å². The molecular weight excluding hydrogens is 394 g/mol. The fourth-order valence-electron chi connectivity index (χ4n) is 1.32. The maximum absolute atomic E-state index is 11.3. The van der Waals surface area contributed by atoms with Gasteiger partial charge in [0.05, 0.1) is 7.11 Å². The molecule has 1 heterocycles. The van der Waals surface area contributed by atoms with Crippen molar-refractivity contribution in [3.05, 3.63) is 12.2 Å². The van der Waals surface area contributed by atoms with Gasteiger partial charge in [-0.3, -0.25) is 4.79 Å². The van der Waals surface area contributed by atoms with Crippen LogP contribution in [0.15, 0.2) is 12.2 Å². The van der Waals surface area contributed by atoms with Crippen molar-refractivity contribution in [1.82, 2.24) is 5.32 Å². The van der Waals surface area contributed by atoms with Gasteiger partial charge in [0, 0.05) is 12.6 Å². The third-order valence-corrected chi connectivity index (χ3v) is 2.72. The molecule has 14 heteroatoms. The summed E-state index contributed by atoms with van der Waals surface area (Å²) in [6.07, 6.45) is -5.73. The Balaban J connectivity index is 0. The Kier molecular flexibility index (Phi) is 10.7. The number of methoxy groups -OCH3 is 1. The first-order chi connectivity index (χ1) is 12.0. The largest absolute Gasteiger partial charge is 0.490 e. The smallest absolute Gasteiger partial charge is 0.475 e. The normalized spacial score (nSPS) is 22.2. The van der Waals surface area contributed by atoms with Gasteiger partial charge in [0.1, 0.15) is 5.54 Å². The number of carboxylic acids is 2. The molecule has 0 spiro atoms. The van der Waals surface area contributed by atoms with Crippen molar-refractivity contribution in [2.45, 2.75) is 37.3 Å². The minimum atomic E-state index is -5.08. The molecule has 0 saturated carbocycles. The van der Waals surface area contributed by atoms with Crippen LogP contribution in [0.4, 0.5) is 26.3 Å². The minimum Gasteiger partial charge on any atom is -0.475 e. The van der Waals surface area contributed by atoms with E-state index in [1.807, 2.05) is 19.1 Å². The van der Waals surface area contributed by atoms with Crippen LogP contribution >= 0.6 is 0 Å². The zero-order valence-corrected chi connectivity index (χ0v) is 14.0. The summed E-state index contributed by atoms with van der Waals surface area (Å²) in [6, 6.07) is 0.259. The van der Waals surface area contributed by atoms with E-state index in [4.69, 9.17) is 25.5 Å². The first-order valence-electron chi connectivity index (χ1n) is 6.85. The summed E-state index contributed by atoms with van der Waals surface area (Å²) < 4.78 is 68.1. The number of nitrogens with two attached hydrogens (primary N) is 1. The second kappa shape index (κ2) is 10.7. The van der Waals surface area contributed by atoms with Crippen LogP contribution in [-0.2, 0) is 19.1 Å². The molecule has 2 atom stereocenters.